The van der Waals surface area contributed by atoms with E-state index in [2.05, 4.69) is 0 Å². The Morgan fingerprint density at radius 3 is 2.20 bits per heavy atom. The van der Waals surface area contributed by atoms with Crippen LogP contribution >= 0.6 is 0 Å². The van der Waals surface area contributed by atoms with E-state index in [1.54, 1.807) is 17.0 Å². The molecule has 1 aromatic rings. The molecule has 1 amide bonds. The second kappa shape index (κ2) is 6.00. The molecule has 2 N–H and O–H groups in total. The first-order valence-corrected chi connectivity index (χ1v) is 6.45. The lowest BCUT2D eigenvalue weighted by Gasteiger charge is -2.18. The summed E-state index contributed by atoms with van der Waals surface area (Å²) in [5.74, 6) is 1.35. The normalized spacial score (nSPS) is 18.0. The van der Waals surface area contributed by atoms with E-state index in [0.29, 0.717) is 35.9 Å². The third-order valence-corrected chi connectivity index (χ3v) is 3.42. The largest absolute Gasteiger partial charge is 0.493 e. The average molecular weight is 280 g/mol. The number of carbonyl (C=O) groups excluding carboxylic acids is 1. The number of hydrogen-bond acceptors (Lipinski definition) is 5. The number of nitrogens with two attached hydrogens (primary N) is 1. The van der Waals surface area contributed by atoms with Crippen LogP contribution in [0.5, 0.6) is 17.2 Å². The Balaban J connectivity index is 2.34. The molecule has 6 heteroatoms. The standard InChI is InChI=1S/C14H20N2O4/c1-18-11-6-9(7-12(19-2)13(11)20-3)14(17)16-5-4-10(15)8-16/h6-7,10H,4-5,8,15H2,1-3H3/t10-/m0/s1. The Bertz CT molecular complexity index is 479. The maximum Gasteiger partial charge on any atom is 0.254 e. The minimum absolute atomic E-state index is 0.0565. The number of ether oxygens (including phenoxy) is 3. The Labute approximate surface area is 118 Å². The molecular weight excluding hydrogens is 260 g/mol. The molecule has 1 aliphatic rings. The van der Waals surface area contributed by atoms with Crippen LogP contribution in [-0.4, -0.2) is 51.3 Å². The van der Waals surface area contributed by atoms with Gasteiger partial charge in [0.15, 0.2) is 11.5 Å². The predicted octanol–water partition coefficient (Wildman–Crippen LogP) is 0.886. The lowest BCUT2D eigenvalue weighted by molar-refractivity contribution is 0.0790. The minimum atomic E-state index is -0.0720. The van der Waals surface area contributed by atoms with Gasteiger partial charge in [-0.15, -0.1) is 0 Å². The number of nitrogens with zero attached hydrogens (tertiary/aromatic N) is 1. The fraction of sp³-hybridized carbons (Fsp3) is 0.500. The number of rotatable bonds is 4. The van der Waals surface area contributed by atoms with Gasteiger partial charge in [0.2, 0.25) is 5.75 Å². The number of hydrogen-bond donors (Lipinski definition) is 1. The van der Waals surface area contributed by atoms with Gasteiger partial charge >= 0.3 is 0 Å². The quantitative estimate of drug-likeness (QED) is 0.886. The molecule has 110 valence electrons. The Morgan fingerprint density at radius 1 is 1.20 bits per heavy atom. The first-order valence-electron chi connectivity index (χ1n) is 6.45. The first-order chi connectivity index (χ1) is 9.60. The van der Waals surface area contributed by atoms with Gasteiger partial charge in [-0.25, -0.2) is 0 Å². The summed E-state index contributed by atoms with van der Waals surface area (Å²) in [6.07, 6.45) is 0.830. The molecule has 20 heavy (non-hydrogen) atoms. The zero-order chi connectivity index (χ0) is 14.7. The summed E-state index contributed by atoms with van der Waals surface area (Å²) in [6, 6.07) is 3.38. The maximum atomic E-state index is 12.4. The van der Waals surface area contributed by atoms with Crippen molar-refractivity contribution in [3.8, 4) is 17.2 Å². The van der Waals surface area contributed by atoms with Crippen molar-refractivity contribution < 1.29 is 19.0 Å². The summed E-state index contributed by atoms with van der Waals surface area (Å²) in [7, 11) is 4.58. The Morgan fingerprint density at radius 2 is 1.80 bits per heavy atom. The van der Waals surface area contributed by atoms with Gasteiger partial charge in [-0.05, 0) is 18.6 Å². The van der Waals surface area contributed by atoms with Crippen molar-refractivity contribution in [1.29, 1.82) is 0 Å². The van der Waals surface area contributed by atoms with Crippen molar-refractivity contribution in [3.63, 3.8) is 0 Å². The molecule has 1 atom stereocenters. The molecule has 0 aromatic heterocycles. The molecular formula is C14H20N2O4. The fourth-order valence-electron chi connectivity index (χ4n) is 2.36. The van der Waals surface area contributed by atoms with Gasteiger partial charge in [0.05, 0.1) is 21.3 Å². The lowest BCUT2D eigenvalue weighted by atomic mass is 10.1. The summed E-state index contributed by atoms with van der Waals surface area (Å²) in [5.41, 5.74) is 6.34. The van der Waals surface area contributed by atoms with Crippen molar-refractivity contribution in [2.24, 2.45) is 5.73 Å². The first kappa shape index (κ1) is 14.5. The van der Waals surface area contributed by atoms with E-state index in [-0.39, 0.29) is 11.9 Å². The van der Waals surface area contributed by atoms with Crippen LogP contribution in [0.4, 0.5) is 0 Å². The van der Waals surface area contributed by atoms with E-state index >= 15 is 0 Å². The molecule has 1 aliphatic heterocycles. The zero-order valence-electron chi connectivity index (χ0n) is 12.0. The van der Waals surface area contributed by atoms with Crippen molar-refractivity contribution >= 4 is 5.91 Å². The van der Waals surface area contributed by atoms with Crippen molar-refractivity contribution in [2.75, 3.05) is 34.4 Å². The maximum absolute atomic E-state index is 12.4. The Kier molecular flexibility index (Phi) is 4.34. The van der Waals surface area contributed by atoms with Crippen LogP contribution in [0.3, 0.4) is 0 Å². The summed E-state index contributed by atoms with van der Waals surface area (Å²) in [4.78, 5) is 14.2. The molecule has 0 aliphatic carbocycles. The molecule has 0 unspecified atom stereocenters. The SMILES string of the molecule is COc1cc(C(=O)N2CC[C@H](N)C2)cc(OC)c1OC. The van der Waals surface area contributed by atoms with Gasteiger partial charge in [0.25, 0.3) is 5.91 Å². The molecule has 0 spiro atoms. The molecule has 0 saturated carbocycles. The molecule has 2 rings (SSSR count). The van der Waals surface area contributed by atoms with Crippen LogP contribution in [0.2, 0.25) is 0 Å². The number of amides is 1. The van der Waals surface area contributed by atoms with Crippen LogP contribution in [-0.2, 0) is 0 Å². The van der Waals surface area contributed by atoms with Crippen LogP contribution in [0, 0.1) is 0 Å². The zero-order valence-corrected chi connectivity index (χ0v) is 12.0. The van der Waals surface area contributed by atoms with Gasteiger partial charge in [0, 0.05) is 24.7 Å². The van der Waals surface area contributed by atoms with E-state index in [0.717, 1.165) is 6.42 Å². The van der Waals surface area contributed by atoms with Crippen LogP contribution in [0.15, 0.2) is 12.1 Å². The molecule has 6 nitrogen and oxygen atoms in total. The average Bonchev–Trinajstić information content (AvgIpc) is 2.91. The van der Waals surface area contributed by atoms with Gasteiger partial charge in [-0.1, -0.05) is 0 Å². The van der Waals surface area contributed by atoms with E-state index in [1.807, 2.05) is 0 Å². The molecule has 1 heterocycles. The molecule has 0 radical (unpaired) electrons. The minimum Gasteiger partial charge on any atom is -0.493 e. The lowest BCUT2D eigenvalue weighted by Crippen LogP contribution is -2.31. The van der Waals surface area contributed by atoms with Gasteiger partial charge in [-0.2, -0.15) is 0 Å². The predicted molar refractivity (Wildman–Crippen MR) is 74.6 cm³/mol. The number of likely N-dealkylation sites (tertiary alicyclic amines) is 1. The highest BCUT2D eigenvalue weighted by molar-refractivity contribution is 5.95. The van der Waals surface area contributed by atoms with E-state index in [1.165, 1.54) is 21.3 Å². The van der Waals surface area contributed by atoms with Crippen LogP contribution < -0.4 is 19.9 Å². The second-order valence-corrected chi connectivity index (χ2v) is 4.71. The second-order valence-electron chi connectivity index (χ2n) is 4.71. The van der Waals surface area contributed by atoms with Gasteiger partial charge < -0.3 is 24.8 Å². The van der Waals surface area contributed by atoms with Crippen molar-refractivity contribution in [2.45, 2.75) is 12.5 Å². The summed E-state index contributed by atoms with van der Waals surface area (Å²) in [5, 5.41) is 0. The smallest absolute Gasteiger partial charge is 0.254 e. The molecule has 1 saturated heterocycles. The Hall–Kier alpha value is -1.95. The highest BCUT2D eigenvalue weighted by Gasteiger charge is 2.26. The molecule has 0 bridgehead atoms. The van der Waals surface area contributed by atoms with Crippen molar-refractivity contribution in [1.82, 2.24) is 4.90 Å². The fourth-order valence-corrected chi connectivity index (χ4v) is 2.36. The highest BCUT2D eigenvalue weighted by atomic mass is 16.5. The van der Waals surface area contributed by atoms with E-state index in [4.69, 9.17) is 19.9 Å². The topological polar surface area (TPSA) is 74.0 Å². The van der Waals surface area contributed by atoms with E-state index in [9.17, 15) is 4.79 Å². The van der Waals surface area contributed by atoms with Crippen LogP contribution in [0.25, 0.3) is 0 Å². The molecule has 1 aromatic carbocycles. The van der Waals surface area contributed by atoms with Gasteiger partial charge in [-0.3, -0.25) is 4.79 Å². The van der Waals surface area contributed by atoms with Crippen molar-refractivity contribution in [3.05, 3.63) is 17.7 Å². The third-order valence-electron chi connectivity index (χ3n) is 3.42. The molecule has 1 fully saturated rings. The number of carbonyl (C=O) groups is 1. The monoisotopic (exact) mass is 280 g/mol. The number of methoxy groups -OCH3 is 3. The number of benzene rings is 1. The summed E-state index contributed by atoms with van der Waals surface area (Å²) >= 11 is 0. The summed E-state index contributed by atoms with van der Waals surface area (Å²) in [6.45, 7) is 1.26. The third kappa shape index (κ3) is 2.65. The van der Waals surface area contributed by atoms with Gasteiger partial charge in [0.1, 0.15) is 0 Å². The van der Waals surface area contributed by atoms with Crippen LogP contribution in [0.1, 0.15) is 16.8 Å². The highest BCUT2D eigenvalue weighted by Crippen LogP contribution is 2.38. The van der Waals surface area contributed by atoms with E-state index < -0.39 is 0 Å². The summed E-state index contributed by atoms with van der Waals surface area (Å²) < 4.78 is 15.7.